The van der Waals surface area contributed by atoms with Gasteiger partial charge in [0, 0.05) is 37.8 Å². The van der Waals surface area contributed by atoms with Crippen molar-refractivity contribution < 1.29 is 17.9 Å². The lowest BCUT2D eigenvalue weighted by Crippen LogP contribution is -2.52. The molecule has 29 heavy (non-hydrogen) atoms. The second-order valence-electron chi connectivity index (χ2n) is 7.91. The predicted octanol–water partition coefficient (Wildman–Crippen LogP) is 1.44. The largest absolute Gasteiger partial charge is 0.495 e. The molecule has 2 aliphatic rings. The highest BCUT2D eigenvalue weighted by atomic mass is 32.2. The number of piperazine rings is 1. The Morgan fingerprint density at radius 1 is 1.24 bits per heavy atom. The van der Waals surface area contributed by atoms with Crippen LogP contribution in [0, 0.1) is 17.2 Å². The van der Waals surface area contributed by atoms with Gasteiger partial charge in [0.2, 0.25) is 10.0 Å². The molecule has 0 spiro atoms. The monoisotopic (exact) mass is 420 g/mol. The fourth-order valence-electron chi connectivity index (χ4n) is 3.54. The van der Waals surface area contributed by atoms with Crippen molar-refractivity contribution in [1.82, 2.24) is 14.5 Å². The molecule has 1 saturated carbocycles. The first-order chi connectivity index (χ1) is 13.8. The Labute approximate surface area is 172 Å². The summed E-state index contributed by atoms with van der Waals surface area (Å²) in [6.45, 7) is 6.26. The maximum absolute atomic E-state index is 13.0. The smallest absolute Gasteiger partial charge is 0.253 e. The summed E-state index contributed by atoms with van der Waals surface area (Å²) in [4.78, 5) is 16.8. The van der Waals surface area contributed by atoms with Crippen LogP contribution in [0.5, 0.6) is 5.75 Å². The highest BCUT2D eigenvalue weighted by molar-refractivity contribution is 7.89. The van der Waals surface area contributed by atoms with Crippen molar-refractivity contribution >= 4 is 15.9 Å². The van der Waals surface area contributed by atoms with E-state index in [1.165, 1.54) is 19.2 Å². The maximum Gasteiger partial charge on any atom is 0.253 e. The van der Waals surface area contributed by atoms with Gasteiger partial charge in [-0.3, -0.25) is 9.69 Å². The molecule has 8 nitrogen and oxygen atoms in total. The first-order valence-corrected chi connectivity index (χ1v) is 11.4. The van der Waals surface area contributed by atoms with E-state index in [9.17, 15) is 18.5 Å². The second kappa shape index (κ2) is 8.69. The van der Waals surface area contributed by atoms with Gasteiger partial charge >= 0.3 is 0 Å². The van der Waals surface area contributed by atoms with Crippen LogP contribution in [0.4, 0.5) is 0 Å². The van der Waals surface area contributed by atoms with Gasteiger partial charge in [0.25, 0.3) is 5.91 Å². The first-order valence-electron chi connectivity index (χ1n) is 9.90. The normalized spacial score (nSPS) is 19.1. The zero-order valence-corrected chi connectivity index (χ0v) is 17.9. The summed E-state index contributed by atoms with van der Waals surface area (Å²) in [6, 6.07) is 6.64. The molecule has 1 N–H and O–H groups in total. The highest BCUT2D eigenvalue weighted by Gasteiger charge is 2.32. The van der Waals surface area contributed by atoms with Crippen LogP contribution in [0.2, 0.25) is 0 Å². The molecular weight excluding hydrogens is 392 g/mol. The van der Waals surface area contributed by atoms with Crippen LogP contribution in [-0.4, -0.2) is 69.5 Å². The summed E-state index contributed by atoms with van der Waals surface area (Å²) in [5.41, 5.74) is 0.316. The van der Waals surface area contributed by atoms with Crippen molar-refractivity contribution in [3.8, 4) is 11.8 Å². The Kier molecular flexibility index (Phi) is 6.46. The van der Waals surface area contributed by atoms with Gasteiger partial charge in [-0.15, -0.1) is 0 Å². The van der Waals surface area contributed by atoms with Crippen LogP contribution in [0.1, 0.15) is 37.0 Å². The van der Waals surface area contributed by atoms with Gasteiger partial charge in [0.1, 0.15) is 16.7 Å². The summed E-state index contributed by atoms with van der Waals surface area (Å²) in [6.07, 6.45) is 1.65. The van der Waals surface area contributed by atoms with E-state index in [1.54, 1.807) is 11.0 Å². The van der Waals surface area contributed by atoms with E-state index in [0.29, 0.717) is 31.7 Å². The summed E-state index contributed by atoms with van der Waals surface area (Å²) in [5, 5.41) is 9.38. The Morgan fingerprint density at radius 2 is 1.90 bits per heavy atom. The van der Waals surface area contributed by atoms with Gasteiger partial charge in [-0.1, -0.05) is 13.8 Å². The predicted molar refractivity (Wildman–Crippen MR) is 108 cm³/mol. The number of ether oxygens (including phenoxy) is 1. The van der Waals surface area contributed by atoms with Crippen LogP contribution in [-0.2, 0) is 10.0 Å². The Hall–Kier alpha value is -2.15. The SMILES string of the molecule is COc1ccc(C(=O)N2CCN(C(C#N)C(C)C)CC2)cc1S(=O)(=O)NC1CC1. The number of sulfonamides is 1. The van der Waals surface area contributed by atoms with Crippen molar-refractivity contribution in [3.63, 3.8) is 0 Å². The highest BCUT2D eigenvalue weighted by Crippen LogP contribution is 2.29. The van der Waals surface area contributed by atoms with Crippen LogP contribution in [0.15, 0.2) is 23.1 Å². The summed E-state index contributed by atoms with van der Waals surface area (Å²) < 4.78 is 33.2. The molecule has 0 bridgehead atoms. The number of nitriles is 1. The van der Waals surface area contributed by atoms with Gasteiger partial charge in [-0.25, -0.2) is 13.1 Å². The quantitative estimate of drug-likeness (QED) is 0.716. The minimum absolute atomic E-state index is 0.0132. The van der Waals surface area contributed by atoms with E-state index in [-0.39, 0.29) is 34.6 Å². The standard InChI is InChI=1S/C20H28N4O4S/c1-14(2)17(13-21)23-8-10-24(11-9-23)20(25)15-4-7-18(28-3)19(12-15)29(26,27)22-16-5-6-16/h4,7,12,14,16-17,22H,5-6,8-11H2,1-3H3. The number of nitrogens with one attached hydrogen (secondary N) is 1. The number of nitrogens with zero attached hydrogens (tertiary/aromatic N) is 3. The molecule has 1 aliphatic heterocycles. The van der Waals surface area contributed by atoms with E-state index >= 15 is 0 Å². The van der Waals surface area contributed by atoms with Gasteiger partial charge in [0.15, 0.2) is 0 Å². The summed E-state index contributed by atoms with van der Waals surface area (Å²) in [7, 11) is -2.34. The van der Waals surface area contributed by atoms with E-state index in [2.05, 4.69) is 15.7 Å². The number of carbonyl (C=O) groups excluding carboxylic acids is 1. The molecule has 1 aromatic rings. The Morgan fingerprint density at radius 3 is 2.41 bits per heavy atom. The molecule has 0 aromatic heterocycles. The first kappa shape index (κ1) is 21.6. The zero-order valence-electron chi connectivity index (χ0n) is 17.1. The van der Waals surface area contributed by atoms with Crippen molar-refractivity contribution in [3.05, 3.63) is 23.8 Å². The Bertz CT molecular complexity index is 898. The van der Waals surface area contributed by atoms with Crippen molar-refractivity contribution in [2.24, 2.45) is 5.92 Å². The molecule has 1 unspecified atom stereocenters. The molecular formula is C20H28N4O4S. The van der Waals surface area contributed by atoms with E-state index in [1.807, 2.05) is 13.8 Å². The number of hydrogen-bond acceptors (Lipinski definition) is 6. The third-order valence-corrected chi connectivity index (χ3v) is 6.90. The lowest BCUT2D eigenvalue weighted by atomic mass is 10.0. The lowest BCUT2D eigenvalue weighted by molar-refractivity contribution is 0.0576. The molecule has 1 atom stereocenters. The van der Waals surface area contributed by atoms with Crippen molar-refractivity contribution in [1.29, 1.82) is 5.26 Å². The molecule has 1 amide bonds. The van der Waals surface area contributed by atoms with Crippen LogP contribution >= 0.6 is 0 Å². The fourth-order valence-corrected chi connectivity index (χ4v) is 5.04. The van der Waals surface area contributed by atoms with Gasteiger partial charge in [0.05, 0.1) is 13.2 Å². The van der Waals surface area contributed by atoms with Crippen LogP contribution < -0.4 is 9.46 Å². The average molecular weight is 421 g/mol. The molecule has 1 aliphatic carbocycles. The number of carbonyl (C=O) groups is 1. The number of methoxy groups -OCH3 is 1. The van der Waals surface area contributed by atoms with E-state index in [4.69, 9.17) is 4.74 Å². The van der Waals surface area contributed by atoms with Crippen LogP contribution in [0.3, 0.4) is 0 Å². The molecule has 1 saturated heterocycles. The minimum Gasteiger partial charge on any atom is -0.495 e. The van der Waals surface area contributed by atoms with Gasteiger partial charge in [-0.2, -0.15) is 5.26 Å². The molecule has 0 radical (unpaired) electrons. The summed E-state index contributed by atoms with van der Waals surface area (Å²) in [5.74, 6) is 0.220. The molecule has 9 heteroatoms. The Balaban J connectivity index is 1.75. The summed E-state index contributed by atoms with van der Waals surface area (Å²) >= 11 is 0. The molecule has 3 rings (SSSR count). The van der Waals surface area contributed by atoms with E-state index < -0.39 is 10.0 Å². The second-order valence-corrected chi connectivity index (χ2v) is 9.59. The molecule has 1 aromatic carbocycles. The molecule has 158 valence electrons. The third-order valence-electron chi connectivity index (χ3n) is 5.36. The van der Waals surface area contributed by atoms with Crippen molar-refractivity contribution in [2.75, 3.05) is 33.3 Å². The maximum atomic E-state index is 13.0. The van der Waals surface area contributed by atoms with Gasteiger partial charge < -0.3 is 9.64 Å². The average Bonchev–Trinajstić information content (AvgIpc) is 3.51. The topological polar surface area (TPSA) is 103 Å². The number of benzene rings is 1. The number of hydrogen-bond donors (Lipinski definition) is 1. The minimum atomic E-state index is -3.75. The van der Waals surface area contributed by atoms with E-state index in [0.717, 1.165) is 12.8 Å². The molecule has 2 fully saturated rings. The number of amides is 1. The third kappa shape index (κ3) is 4.89. The zero-order chi connectivity index (χ0) is 21.2. The number of rotatable bonds is 7. The van der Waals surface area contributed by atoms with Crippen molar-refractivity contribution in [2.45, 2.75) is 43.7 Å². The van der Waals surface area contributed by atoms with Crippen LogP contribution in [0.25, 0.3) is 0 Å². The lowest BCUT2D eigenvalue weighted by Gasteiger charge is -2.38. The van der Waals surface area contributed by atoms with Gasteiger partial charge in [-0.05, 0) is 37.0 Å². The fraction of sp³-hybridized carbons (Fsp3) is 0.600. The molecule has 1 heterocycles.